The lowest BCUT2D eigenvalue weighted by atomic mass is 10.1. The van der Waals surface area contributed by atoms with E-state index in [1.54, 1.807) is 30.3 Å². The zero-order valence-corrected chi connectivity index (χ0v) is 17.7. The topological polar surface area (TPSA) is 82.0 Å². The lowest BCUT2D eigenvalue weighted by Crippen LogP contribution is -2.35. The number of nitrogens with zero attached hydrogens (tertiary/aromatic N) is 3. The normalized spacial score (nSPS) is 17.6. The highest BCUT2D eigenvalue weighted by molar-refractivity contribution is 8.26. The van der Waals surface area contributed by atoms with Crippen LogP contribution in [-0.2, 0) is 4.79 Å². The van der Waals surface area contributed by atoms with E-state index in [4.69, 9.17) is 33.0 Å². The van der Waals surface area contributed by atoms with Gasteiger partial charge in [-0.25, -0.2) is 0 Å². The number of halogens is 2. The monoisotopic (exact) mass is 446 g/mol. The number of hydrogen-bond acceptors (Lipinski definition) is 5. The van der Waals surface area contributed by atoms with Gasteiger partial charge in [0.25, 0.3) is 5.91 Å². The SMILES string of the molecule is CCCCC1=NN2C(=N)C(=Cc3ccc(-c4cc(Cl)cc(Cl)c4)o3)C(=O)N=C2S1. The summed E-state index contributed by atoms with van der Waals surface area (Å²) < 4.78 is 5.81. The average Bonchev–Trinajstić information content (AvgIpc) is 3.29. The maximum Gasteiger partial charge on any atom is 0.283 e. The Kier molecular flexibility index (Phi) is 5.63. The van der Waals surface area contributed by atoms with Gasteiger partial charge in [-0.1, -0.05) is 36.5 Å². The summed E-state index contributed by atoms with van der Waals surface area (Å²) in [5, 5.41) is 16.5. The summed E-state index contributed by atoms with van der Waals surface area (Å²) in [6, 6.07) is 8.58. The molecule has 3 heterocycles. The zero-order chi connectivity index (χ0) is 20.5. The van der Waals surface area contributed by atoms with Crippen LogP contribution in [0.3, 0.4) is 0 Å². The van der Waals surface area contributed by atoms with Crippen LogP contribution in [0.15, 0.2) is 50.4 Å². The summed E-state index contributed by atoms with van der Waals surface area (Å²) in [6.07, 6.45) is 4.36. The minimum absolute atomic E-state index is 0.0113. The predicted molar refractivity (Wildman–Crippen MR) is 119 cm³/mol. The molecule has 1 aromatic heterocycles. The van der Waals surface area contributed by atoms with Crippen molar-refractivity contribution in [1.82, 2.24) is 5.01 Å². The second-order valence-corrected chi connectivity index (χ2v) is 8.39. The first-order valence-corrected chi connectivity index (χ1v) is 10.6. The first-order valence-electron chi connectivity index (χ1n) is 9.00. The van der Waals surface area contributed by atoms with Crippen LogP contribution in [-0.4, -0.2) is 27.0 Å². The molecule has 0 radical (unpaired) electrons. The van der Waals surface area contributed by atoms with Crippen LogP contribution in [0.25, 0.3) is 17.4 Å². The van der Waals surface area contributed by atoms with Crippen molar-refractivity contribution in [3.63, 3.8) is 0 Å². The molecule has 0 aliphatic carbocycles. The second-order valence-electron chi connectivity index (χ2n) is 6.48. The molecule has 0 unspecified atom stereocenters. The number of amidine groups is 2. The fraction of sp³-hybridized carbons (Fsp3) is 0.200. The Morgan fingerprint density at radius 2 is 2.00 bits per heavy atom. The third-order valence-corrected chi connectivity index (χ3v) is 5.71. The van der Waals surface area contributed by atoms with Crippen molar-refractivity contribution in [2.24, 2.45) is 10.1 Å². The van der Waals surface area contributed by atoms with E-state index in [9.17, 15) is 4.79 Å². The van der Waals surface area contributed by atoms with Crippen LogP contribution in [0.4, 0.5) is 0 Å². The molecule has 1 amide bonds. The molecule has 6 nitrogen and oxygen atoms in total. The Labute approximate surface area is 181 Å². The van der Waals surface area contributed by atoms with Gasteiger partial charge in [0.15, 0.2) is 5.84 Å². The quantitative estimate of drug-likeness (QED) is 0.565. The first-order chi connectivity index (χ1) is 13.9. The van der Waals surface area contributed by atoms with Crippen molar-refractivity contribution in [1.29, 1.82) is 5.41 Å². The van der Waals surface area contributed by atoms with Gasteiger partial charge in [0.1, 0.15) is 16.6 Å². The molecule has 2 aliphatic rings. The van der Waals surface area contributed by atoms with Crippen molar-refractivity contribution < 1.29 is 9.21 Å². The summed E-state index contributed by atoms with van der Waals surface area (Å²) in [7, 11) is 0. The van der Waals surface area contributed by atoms with Crippen LogP contribution in [0.2, 0.25) is 10.0 Å². The molecule has 0 saturated heterocycles. The van der Waals surface area contributed by atoms with Crippen LogP contribution in [0.5, 0.6) is 0 Å². The number of unbranched alkanes of at least 4 members (excludes halogenated alkanes) is 1. The number of amides is 1. The number of furan rings is 1. The summed E-state index contributed by atoms with van der Waals surface area (Å²) in [5.74, 6) is 0.480. The van der Waals surface area contributed by atoms with Gasteiger partial charge in [0, 0.05) is 15.6 Å². The molecule has 1 N–H and O–H groups in total. The molecule has 4 rings (SSSR count). The summed E-state index contributed by atoms with van der Waals surface area (Å²) >= 11 is 13.4. The van der Waals surface area contributed by atoms with E-state index >= 15 is 0 Å². The maximum absolute atomic E-state index is 12.5. The number of fused-ring (bicyclic) bond motifs is 1. The second kappa shape index (κ2) is 8.18. The summed E-state index contributed by atoms with van der Waals surface area (Å²) in [6.45, 7) is 2.10. The van der Waals surface area contributed by atoms with E-state index < -0.39 is 5.91 Å². The molecule has 148 valence electrons. The Balaban J connectivity index is 1.61. The highest BCUT2D eigenvalue weighted by atomic mass is 35.5. The van der Waals surface area contributed by atoms with E-state index in [-0.39, 0.29) is 11.4 Å². The molecule has 0 saturated carbocycles. The largest absolute Gasteiger partial charge is 0.457 e. The molecule has 0 spiro atoms. The van der Waals surface area contributed by atoms with Gasteiger partial charge in [-0.2, -0.15) is 15.1 Å². The van der Waals surface area contributed by atoms with Crippen molar-refractivity contribution in [2.75, 3.05) is 0 Å². The minimum atomic E-state index is -0.482. The van der Waals surface area contributed by atoms with Crippen molar-refractivity contribution in [2.45, 2.75) is 26.2 Å². The number of thioether (sulfide) groups is 1. The molecular weight excluding hydrogens is 431 g/mol. The Hall–Kier alpha value is -2.35. The number of aliphatic imine (C=N–C) groups is 1. The van der Waals surface area contributed by atoms with Gasteiger partial charge in [-0.05, 0) is 61.0 Å². The van der Waals surface area contributed by atoms with Crippen molar-refractivity contribution >= 4 is 63.0 Å². The molecule has 9 heteroatoms. The number of benzene rings is 1. The van der Waals surface area contributed by atoms with Crippen LogP contribution in [0.1, 0.15) is 31.9 Å². The van der Waals surface area contributed by atoms with E-state index in [1.165, 1.54) is 22.8 Å². The van der Waals surface area contributed by atoms with Gasteiger partial charge in [0.05, 0.1) is 5.57 Å². The number of hydrazone groups is 1. The summed E-state index contributed by atoms with van der Waals surface area (Å²) in [5.41, 5.74) is 0.846. The highest BCUT2D eigenvalue weighted by Crippen LogP contribution is 2.32. The number of carbonyl (C=O) groups is 1. The van der Waals surface area contributed by atoms with E-state index in [1.807, 2.05) is 0 Å². The zero-order valence-electron chi connectivity index (χ0n) is 15.4. The molecule has 2 aromatic rings. The molecule has 2 aliphatic heterocycles. The fourth-order valence-corrected chi connectivity index (χ4v) is 4.34. The number of hydrogen-bond donors (Lipinski definition) is 1. The van der Waals surface area contributed by atoms with Gasteiger partial charge < -0.3 is 4.42 Å². The van der Waals surface area contributed by atoms with Crippen LogP contribution < -0.4 is 0 Å². The highest BCUT2D eigenvalue weighted by Gasteiger charge is 2.35. The molecule has 0 bridgehead atoms. The van der Waals surface area contributed by atoms with Crippen LogP contribution in [0, 0.1) is 5.41 Å². The number of nitrogens with one attached hydrogen (secondary N) is 1. The molecule has 0 atom stereocenters. The maximum atomic E-state index is 12.5. The lowest BCUT2D eigenvalue weighted by Gasteiger charge is -2.19. The van der Waals surface area contributed by atoms with E-state index in [0.717, 1.165) is 29.9 Å². The molecule has 29 heavy (non-hydrogen) atoms. The minimum Gasteiger partial charge on any atom is -0.457 e. The molecule has 1 aromatic carbocycles. The Morgan fingerprint density at radius 1 is 1.24 bits per heavy atom. The van der Waals surface area contributed by atoms with Crippen LogP contribution >= 0.6 is 35.0 Å². The lowest BCUT2D eigenvalue weighted by molar-refractivity contribution is -0.114. The van der Waals surface area contributed by atoms with E-state index in [0.29, 0.717) is 26.7 Å². The molecule has 0 fully saturated rings. The summed E-state index contributed by atoms with van der Waals surface area (Å²) in [4.78, 5) is 16.6. The number of carbonyl (C=O) groups excluding carboxylic acids is 1. The van der Waals surface area contributed by atoms with Gasteiger partial charge in [-0.15, -0.1) is 0 Å². The fourth-order valence-electron chi connectivity index (χ4n) is 2.88. The van der Waals surface area contributed by atoms with Gasteiger partial charge >= 0.3 is 0 Å². The average molecular weight is 447 g/mol. The number of rotatable bonds is 5. The Bertz CT molecular complexity index is 1080. The Morgan fingerprint density at radius 3 is 2.72 bits per heavy atom. The third kappa shape index (κ3) is 4.17. The first kappa shape index (κ1) is 19.9. The van der Waals surface area contributed by atoms with Crippen molar-refractivity contribution in [3.05, 3.63) is 51.7 Å². The van der Waals surface area contributed by atoms with E-state index in [2.05, 4.69) is 17.0 Å². The third-order valence-electron chi connectivity index (χ3n) is 4.30. The van der Waals surface area contributed by atoms with Gasteiger partial charge in [0.2, 0.25) is 5.17 Å². The predicted octanol–water partition coefficient (Wildman–Crippen LogP) is 6.06. The molecular formula is C20H16Cl2N4O2S. The van der Waals surface area contributed by atoms with Gasteiger partial charge in [-0.3, -0.25) is 10.2 Å². The smallest absolute Gasteiger partial charge is 0.283 e. The van der Waals surface area contributed by atoms with Crippen molar-refractivity contribution in [3.8, 4) is 11.3 Å². The standard InChI is InChI=1S/C20H16Cl2N4O2S/c1-2-3-4-17-25-26-18(23)15(19(27)24-20(26)29-17)10-14-5-6-16(28-14)11-7-12(21)9-13(22)8-11/h5-10,23H,2-4H2,1H3.